The van der Waals surface area contributed by atoms with E-state index in [0.717, 1.165) is 22.4 Å². The summed E-state index contributed by atoms with van der Waals surface area (Å²) in [5, 5.41) is 0. The lowest BCUT2D eigenvalue weighted by Gasteiger charge is -2.11. The van der Waals surface area contributed by atoms with Gasteiger partial charge in [0.25, 0.3) is 0 Å². The lowest BCUT2D eigenvalue weighted by molar-refractivity contribution is 0.103. The number of hydrogen-bond acceptors (Lipinski definition) is 2. The van der Waals surface area contributed by atoms with Crippen LogP contribution in [0.25, 0.3) is 0 Å². The van der Waals surface area contributed by atoms with E-state index in [1.807, 2.05) is 56.3 Å². The standard InChI is InChI=1S/C16H16O2/c1-11-12(2)15(18-3)10-9-14(11)16(17)13-7-5-4-6-8-13/h4-10H,1-3H3. The molecule has 0 amide bonds. The summed E-state index contributed by atoms with van der Waals surface area (Å²) in [6, 6.07) is 13.0. The number of carbonyl (C=O) groups is 1. The first-order valence-electron chi connectivity index (χ1n) is 5.89. The van der Waals surface area contributed by atoms with E-state index in [1.54, 1.807) is 7.11 Å². The molecule has 2 aromatic carbocycles. The van der Waals surface area contributed by atoms with Crippen LogP contribution in [0.15, 0.2) is 42.5 Å². The number of hydrogen-bond donors (Lipinski definition) is 0. The molecule has 0 fully saturated rings. The highest BCUT2D eigenvalue weighted by Gasteiger charge is 2.14. The number of rotatable bonds is 3. The van der Waals surface area contributed by atoms with Gasteiger partial charge in [0.2, 0.25) is 0 Å². The molecule has 0 radical (unpaired) electrons. The van der Waals surface area contributed by atoms with Crippen LogP contribution in [-0.2, 0) is 0 Å². The molecule has 0 saturated heterocycles. The van der Waals surface area contributed by atoms with E-state index in [-0.39, 0.29) is 5.78 Å². The third-order valence-electron chi connectivity index (χ3n) is 3.24. The van der Waals surface area contributed by atoms with Crippen molar-refractivity contribution in [2.24, 2.45) is 0 Å². The Balaban J connectivity index is 2.47. The van der Waals surface area contributed by atoms with E-state index < -0.39 is 0 Å². The molecule has 2 nitrogen and oxygen atoms in total. The molecule has 0 aliphatic carbocycles. The Bertz CT molecular complexity index is 571. The molecule has 0 N–H and O–H groups in total. The highest BCUT2D eigenvalue weighted by atomic mass is 16.5. The summed E-state index contributed by atoms with van der Waals surface area (Å²) in [7, 11) is 1.64. The minimum atomic E-state index is 0.0545. The number of ether oxygens (including phenoxy) is 1. The van der Waals surface area contributed by atoms with E-state index >= 15 is 0 Å². The van der Waals surface area contributed by atoms with Crippen molar-refractivity contribution in [3.05, 3.63) is 64.7 Å². The first-order valence-corrected chi connectivity index (χ1v) is 5.89. The number of benzene rings is 2. The molecule has 0 aliphatic heterocycles. The third kappa shape index (κ3) is 2.14. The Hall–Kier alpha value is -2.09. The fourth-order valence-corrected chi connectivity index (χ4v) is 2.01. The zero-order valence-electron chi connectivity index (χ0n) is 10.9. The summed E-state index contributed by atoms with van der Waals surface area (Å²) < 4.78 is 5.25. The van der Waals surface area contributed by atoms with Crippen LogP contribution in [0.5, 0.6) is 5.75 Å². The molecule has 18 heavy (non-hydrogen) atoms. The molecule has 0 aliphatic rings. The fourth-order valence-electron chi connectivity index (χ4n) is 2.01. The third-order valence-corrected chi connectivity index (χ3v) is 3.24. The number of methoxy groups -OCH3 is 1. The molecular weight excluding hydrogens is 224 g/mol. The Kier molecular flexibility index (Phi) is 3.47. The van der Waals surface area contributed by atoms with Crippen molar-refractivity contribution in [3.63, 3.8) is 0 Å². The van der Waals surface area contributed by atoms with Gasteiger partial charge in [0.1, 0.15) is 5.75 Å². The van der Waals surface area contributed by atoms with Gasteiger partial charge in [-0.2, -0.15) is 0 Å². The van der Waals surface area contributed by atoms with Gasteiger partial charge in [-0.25, -0.2) is 0 Å². The van der Waals surface area contributed by atoms with Crippen LogP contribution in [0.2, 0.25) is 0 Å². The minimum absolute atomic E-state index is 0.0545. The van der Waals surface area contributed by atoms with E-state index in [4.69, 9.17) is 4.74 Å². The van der Waals surface area contributed by atoms with Gasteiger partial charge in [0.15, 0.2) is 5.78 Å². The topological polar surface area (TPSA) is 26.3 Å². The van der Waals surface area contributed by atoms with Crippen molar-refractivity contribution in [2.75, 3.05) is 7.11 Å². The second-order valence-electron chi connectivity index (χ2n) is 4.26. The Morgan fingerprint density at radius 2 is 1.61 bits per heavy atom. The van der Waals surface area contributed by atoms with E-state index in [2.05, 4.69) is 0 Å². The van der Waals surface area contributed by atoms with Crippen LogP contribution >= 0.6 is 0 Å². The summed E-state index contributed by atoms with van der Waals surface area (Å²) in [6.45, 7) is 3.92. The van der Waals surface area contributed by atoms with Gasteiger partial charge >= 0.3 is 0 Å². The zero-order valence-corrected chi connectivity index (χ0v) is 10.9. The number of carbonyl (C=O) groups excluding carboxylic acids is 1. The average Bonchev–Trinajstić information content (AvgIpc) is 2.42. The second-order valence-corrected chi connectivity index (χ2v) is 4.26. The highest BCUT2D eigenvalue weighted by Crippen LogP contribution is 2.25. The average molecular weight is 240 g/mol. The van der Waals surface area contributed by atoms with E-state index in [1.165, 1.54) is 0 Å². The monoisotopic (exact) mass is 240 g/mol. The predicted octanol–water partition coefficient (Wildman–Crippen LogP) is 3.54. The van der Waals surface area contributed by atoms with Crippen LogP contribution in [0.4, 0.5) is 0 Å². The van der Waals surface area contributed by atoms with Gasteiger partial charge in [-0.15, -0.1) is 0 Å². The molecule has 0 atom stereocenters. The van der Waals surface area contributed by atoms with Gasteiger partial charge in [0, 0.05) is 11.1 Å². The van der Waals surface area contributed by atoms with Crippen molar-refractivity contribution >= 4 is 5.78 Å². The maximum Gasteiger partial charge on any atom is 0.193 e. The van der Waals surface area contributed by atoms with Gasteiger partial charge in [-0.1, -0.05) is 30.3 Å². The summed E-state index contributed by atoms with van der Waals surface area (Å²) >= 11 is 0. The predicted molar refractivity (Wildman–Crippen MR) is 72.3 cm³/mol. The van der Waals surface area contributed by atoms with Crippen LogP contribution in [-0.4, -0.2) is 12.9 Å². The van der Waals surface area contributed by atoms with E-state index in [9.17, 15) is 4.79 Å². The quantitative estimate of drug-likeness (QED) is 0.767. The van der Waals surface area contributed by atoms with Crippen molar-refractivity contribution in [1.29, 1.82) is 0 Å². The summed E-state index contributed by atoms with van der Waals surface area (Å²) in [4.78, 5) is 12.4. The van der Waals surface area contributed by atoms with Gasteiger partial charge in [-0.3, -0.25) is 4.79 Å². The first kappa shape index (κ1) is 12.4. The summed E-state index contributed by atoms with van der Waals surface area (Å²) in [5.41, 5.74) is 3.44. The lowest BCUT2D eigenvalue weighted by Crippen LogP contribution is -2.05. The number of ketones is 1. The molecule has 2 heteroatoms. The van der Waals surface area contributed by atoms with E-state index in [0.29, 0.717) is 5.56 Å². The van der Waals surface area contributed by atoms with Crippen molar-refractivity contribution in [3.8, 4) is 5.75 Å². The smallest absolute Gasteiger partial charge is 0.193 e. The molecule has 0 saturated carbocycles. The molecule has 0 unspecified atom stereocenters. The highest BCUT2D eigenvalue weighted by molar-refractivity contribution is 6.10. The molecule has 0 aromatic heterocycles. The minimum Gasteiger partial charge on any atom is -0.496 e. The van der Waals surface area contributed by atoms with Crippen molar-refractivity contribution < 1.29 is 9.53 Å². The SMILES string of the molecule is COc1ccc(C(=O)c2ccccc2)c(C)c1C. The van der Waals surface area contributed by atoms with Crippen LogP contribution < -0.4 is 4.74 Å². The van der Waals surface area contributed by atoms with Crippen molar-refractivity contribution in [2.45, 2.75) is 13.8 Å². The normalized spacial score (nSPS) is 10.2. The second kappa shape index (κ2) is 5.05. The Labute approximate surface area is 107 Å². The van der Waals surface area contributed by atoms with Crippen molar-refractivity contribution in [1.82, 2.24) is 0 Å². The fraction of sp³-hybridized carbons (Fsp3) is 0.188. The summed E-state index contributed by atoms with van der Waals surface area (Å²) in [6.07, 6.45) is 0. The molecule has 2 aromatic rings. The first-order chi connectivity index (χ1) is 8.65. The maximum absolute atomic E-state index is 12.4. The largest absolute Gasteiger partial charge is 0.496 e. The maximum atomic E-state index is 12.4. The lowest BCUT2D eigenvalue weighted by atomic mass is 9.95. The molecule has 0 bridgehead atoms. The van der Waals surface area contributed by atoms with Gasteiger partial charge in [-0.05, 0) is 37.1 Å². The molecule has 92 valence electrons. The molecule has 0 heterocycles. The molecule has 2 rings (SSSR count). The van der Waals surface area contributed by atoms with Crippen LogP contribution in [0.3, 0.4) is 0 Å². The van der Waals surface area contributed by atoms with Crippen LogP contribution in [0.1, 0.15) is 27.0 Å². The van der Waals surface area contributed by atoms with Gasteiger partial charge < -0.3 is 4.74 Å². The van der Waals surface area contributed by atoms with Crippen LogP contribution in [0, 0.1) is 13.8 Å². The molecule has 0 spiro atoms. The summed E-state index contributed by atoms with van der Waals surface area (Å²) in [5.74, 6) is 0.871. The zero-order chi connectivity index (χ0) is 13.1. The Morgan fingerprint density at radius 3 is 2.22 bits per heavy atom. The van der Waals surface area contributed by atoms with Gasteiger partial charge in [0.05, 0.1) is 7.11 Å². The Morgan fingerprint density at radius 1 is 0.944 bits per heavy atom. The molecular formula is C16H16O2.